The number of benzene rings is 1. The summed E-state index contributed by atoms with van der Waals surface area (Å²) in [6.45, 7) is 1.96. The summed E-state index contributed by atoms with van der Waals surface area (Å²) in [6.07, 6.45) is 2.07. The molecule has 1 saturated heterocycles. The Labute approximate surface area is 156 Å². The topological polar surface area (TPSA) is 86.4 Å². The molecule has 8 heteroatoms. The first-order chi connectivity index (χ1) is 12.5. The number of nitrogens with one attached hydrogen (secondary N) is 3. The molecular formula is C18H23N5O2S. The molecule has 0 spiro atoms. The van der Waals surface area contributed by atoms with Crippen LogP contribution in [0.4, 0.5) is 5.69 Å². The molecule has 2 amide bonds. The Bertz CT molecular complexity index is 766. The molecule has 7 nitrogen and oxygen atoms in total. The van der Waals surface area contributed by atoms with Gasteiger partial charge in [-0.1, -0.05) is 0 Å². The number of rotatable bonds is 4. The van der Waals surface area contributed by atoms with Crippen molar-refractivity contribution in [3.63, 3.8) is 0 Å². The maximum atomic E-state index is 12.2. The molecule has 1 aliphatic rings. The van der Waals surface area contributed by atoms with Crippen LogP contribution in [0.2, 0.25) is 0 Å². The third kappa shape index (κ3) is 4.39. The number of piperidine rings is 1. The maximum absolute atomic E-state index is 12.2. The van der Waals surface area contributed by atoms with Crippen LogP contribution in [0.5, 0.6) is 0 Å². The Kier molecular flexibility index (Phi) is 5.85. The average molecular weight is 373 g/mol. The largest absolute Gasteiger partial charge is 0.378 e. The Morgan fingerprint density at radius 1 is 1.12 bits per heavy atom. The predicted molar refractivity (Wildman–Crippen MR) is 103 cm³/mol. The number of thiazole rings is 1. The van der Waals surface area contributed by atoms with Gasteiger partial charge in [-0.25, -0.2) is 4.98 Å². The Hall–Kier alpha value is -2.45. The van der Waals surface area contributed by atoms with Gasteiger partial charge in [-0.3, -0.25) is 20.4 Å². The number of hydrogen-bond donors (Lipinski definition) is 3. The van der Waals surface area contributed by atoms with Gasteiger partial charge in [0.05, 0.1) is 5.01 Å². The van der Waals surface area contributed by atoms with Gasteiger partial charge in [-0.2, -0.15) is 0 Å². The third-order valence-corrected chi connectivity index (χ3v) is 5.39. The van der Waals surface area contributed by atoms with E-state index in [1.165, 1.54) is 11.3 Å². The fourth-order valence-electron chi connectivity index (χ4n) is 2.81. The number of nitrogens with zero attached hydrogens (tertiary/aromatic N) is 2. The number of carbonyl (C=O) groups excluding carboxylic acids is 2. The lowest BCUT2D eigenvalue weighted by Gasteiger charge is -2.20. The van der Waals surface area contributed by atoms with Crippen LogP contribution >= 0.6 is 11.3 Å². The minimum absolute atomic E-state index is 0.340. The fourth-order valence-corrected chi connectivity index (χ4v) is 3.78. The summed E-state index contributed by atoms with van der Waals surface area (Å²) in [7, 11) is 3.86. The molecule has 0 bridgehead atoms. The minimum Gasteiger partial charge on any atom is -0.378 e. The smallest absolute Gasteiger partial charge is 0.289 e. The lowest BCUT2D eigenvalue weighted by atomic mass is 9.99. The van der Waals surface area contributed by atoms with Crippen LogP contribution in [0.15, 0.2) is 29.6 Å². The molecule has 0 aliphatic carbocycles. The van der Waals surface area contributed by atoms with Crippen molar-refractivity contribution in [1.82, 2.24) is 21.2 Å². The highest BCUT2D eigenvalue weighted by molar-refractivity contribution is 7.09. The van der Waals surface area contributed by atoms with Crippen molar-refractivity contribution in [2.24, 2.45) is 0 Å². The number of carbonyl (C=O) groups is 2. The Morgan fingerprint density at radius 3 is 2.42 bits per heavy atom. The standard InChI is InChI=1S/C18H23N5O2S/c1-23(2)14-5-3-12(4-6-14)16(24)21-22-17(25)15-11-26-18(20-15)13-7-9-19-10-8-13/h3-6,11,13,19H,7-10H2,1-2H3,(H,21,24)(H,22,25). The van der Waals surface area contributed by atoms with Gasteiger partial charge >= 0.3 is 0 Å². The molecule has 26 heavy (non-hydrogen) atoms. The van der Waals surface area contributed by atoms with Gasteiger partial charge in [0, 0.05) is 36.6 Å². The molecule has 0 atom stereocenters. The van der Waals surface area contributed by atoms with E-state index >= 15 is 0 Å². The summed E-state index contributed by atoms with van der Waals surface area (Å²) in [6, 6.07) is 7.13. The molecule has 2 heterocycles. The molecule has 3 N–H and O–H groups in total. The van der Waals surface area contributed by atoms with Crippen molar-refractivity contribution in [3.8, 4) is 0 Å². The highest BCUT2D eigenvalue weighted by Gasteiger charge is 2.20. The first kappa shape index (κ1) is 18.3. The van der Waals surface area contributed by atoms with Gasteiger partial charge in [-0.05, 0) is 50.2 Å². The zero-order valence-electron chi connectivity index (χ0n) is 14.9. The van der Waals surface area contributed by atoms with Crippen molar-refractivity contribution < 1.29 is 9.59 Å². The second-order valence-corrected chi connectivity index (χ2v) is 7.33. The molecule has 2 aromatic rings. The van der Waals surface area contributed by atoms with Crippen LogP contribution in [0.25, 0.3) is 0 Å². The van der Waals surface area contributed by atoms with Gasteiger partial charge in [0.15, 0.2) is 0 Å². The molecule has 1 aromatic carbocycles. The van der Waals surface area contributed by atoms with E-state index in [9.17, 15) is 9.59 Å². The lowest BCUT2D eigenvalue weighted by molar-refractivity contribution is 0.0844. The molecule has 1 aliphatic heterocycles. The summed E-state index contributed by atoms with van der Waals surface area (Å²) < 4.78 is 0. The van der Waals surface area contributed by atoms with E-state index in [1.807, 2.05) is 31.1 Å². The summed E-state index contributed by atoms with van der Waals surface area (Å²) in [5.41, 5.74) is 6.69. The van der Waals surface area contributed by atoms with E-state index in [1.54, 1.807) is 17.5 Å². The molecule has 0 saturated carbocycles. The first-order valence-electron chi connectivity index (χ1n) is 8.59. The quantitative estimate of drug-likeness (QED) is 0.711. The molecule has 3 rings (SSSR count). The molecule has 0 radical (unpaired) electrons. The molecule has 1 aromatic heterocycles. The predicted octanol–water partition coefficient (Wildman–Crippen LogP) is 1.75. The number of amides is 2. The van der Waals surface area contributed by atoms with E-state index in [4.69, 9.17) is 0 Å². The van der Waals surface area contributed by atoms with Gasteiger partial charge in [0.2, 0.25) is 0 Å². The second-order valence-electron chi connectivity index (χ2n) is 6.44. The zero-order chi connectivity index (χ0) is 18.5. The molecule has 138 valence electrons. The molecule has 1 fully saturated rings. The number of anilines is 1. The molecule has 0 unspecified atom stereocenters. The van der Waals surface area contributed by atoms with Crippen LogP contribution in [-0.2, 0) is 0 Å². The van der Waals surface area contributed by atoms with Crippen molar-refractivity contribution in [2.75, 3.05) is 32.1 Å². The first-order valence-corrected chi connectivity index (χ1v) is 9.47. The second kappa shape index (κ2) is 8.29. The van der Waals surface area contributed by atoms with E-state index in [2.05, 4.69) is 21.2 Å². The van der Waals surface area contributed by atoms with Crippen molar-refractivity contribution in [3.05, 3.63) is 45.9 Å². The lowest BCUT2D eigenvalue weighted by Crippen LogP contribution is -2.41. The maximum Gasteiger partial charge on any atom is 0.289 e. The SMILES string of the molecule is CN(C)c1ccc(C(=O)NNC(=O)c2csc(C3CCNCC3)n2)cc1. The monoisotopic (exact) mass is 373 g/mol. The number of hydrazine groups is 1. The highest BCUT2D eigenvalue weighted by Crippen LogP contribution is 2.27. The van der Waals surface area contributed by atoms with Crippen LogP contribution in [-0.4, -0.2) is 44.0 Å². The Morgan fingerprint density at radius 2 is 1.77 bits per heavy atom. The summed E-state index contributed by atoms with van der Waals surface area (Å²) in [5, 5.41) is 6.05. The van der Waals surface area contributed by atoms with Crippen molar-refractivity contribution >= 4 is 28.8 Å². The van der Waals surface area contributed by atoms with E-state index in [0.717, 1.165) is 36.6 Å². The van der Waals surface area contributed by atoms with Gasteiger partial charge in [0.1, 0.15) is 5.69 Å². The summed E-state index contributed by atoms with van der Waals surface area (Å²) >= 11 is 1.50. The number of aromatic nitrogens is 1. The normalized spacial score (nSPS) is 14.7. The van der Waals surface area contributed by atoms with Gasteiger partial charge in [-0.15, -0.1) is 11.3 Å². The summed E-state index contributed by atoms with van der Waals surface area (Å²) in [4.78, 5) is 30.8. The number of hydrogen-bond acceptors (Lipinski definition) is 6. The van der Waals surface area contributed by atoms with Crippen molar-refractivity contribution in [2.45, 2.75) is 18.8 Å². The highest BCUT2D eigenvalue weighted by atomic mass is 32.1. The van der Waals surface area contributed by atoms with Crippen LogP contribution in [0.1, 0.15) is 44.6 Å². The van der Waals surface area contributed by atoms with Gasteiger partial charge < -0.3 is 10.2 Å². The van der Waals surface area contributed by atoms with Gasteiger partial charge in [0.25, 0.3) is 11.8 Å². The minimum atomic E-state index is -0.403. The van der Waals surface area contributed by atoms with E-state index in [-0.39, 0.29) is 5.91 Å². The van der Waals surface area contributed by atoms with Crippen LogP contribution < -0.4 is 21.1 Å². The average Bonchev–Trinajstić information content (AvgIpc) is 3.17. The Balaban J connectivity index is 1.55. The van der Waals surface area contributed by atoms with Crippen molar-refractivity contribution in [1.29, 1.82) is 0 Å². The third-order valence-electron chi connectivity index (χ3n) is 4.38. The summed E-state index contributed by atoms with van der Waals surface area (Å²) in [5.74, 6) is -0.357. The van der Waals surface area contributed by atoms with Crippen LogP contribution in [0, 0.1) is 0 Å². The van der Waals surface area contributed by atoms with Crippen LogP contribution in [0.3, 0.4) is 0 Å². The van der Waals surface area contributed by atoms with E-state index in [0.29, 0.717) is 17.2 Å². The fraction of sp³-hybridized carbons (Fsp3) is 0.389. The molecular weight excluding hydrogens is 350 g/mol. The zero-order valence-corrected chi connectivity index (χ0v) is 15.7. The van der Waals surface area contributed by atoms with E-state index < -0.39 is 5.91 Å².